The lowest BCUT2D eigenvalue weighted by Crippen LogP contribution is -2.58. The number of benzene rings is 1. The van der Waals surface area contributed by atoms with E-state index in [2.05, 4.69) is 35.4 Å². The van der Waals surface area contributed by atoms with Crippen LogP contribution in [0.3, 0.4) is 0 Å². The van der Waals surface area contributed by atoms with E-state index in [1.165, 1.54) is 5.56 Å². The molecule has 0 bridgehead atoms. The number of nitrogens with zero attached hydrogens (tertiary/aromatic N) is 8. The molecule has 1 unspecified atom stereocenters. The predicted octanol–water partition coefficient (Wildman–Crippen LogP) is 4.73. The van der Waals surface area contributed by atoms with Gasteiger partial charge < -0.3 is 34.4 Å². The highest BCUT2D eigenvalue weighted by Gasteiger charge is 2.34. The van der Waals surface area contributed by atoms with Gasteiger partial charge in [-0.05, 0) is 80.0 Å². The molecule has 3 aromatic heterocycles. The van der Waals surface area contributed by atoms with E-state index in [-0.39, 0.29) is 29.4 Å². The van der Waals surface area contributed by atoms with Crippen molar-refractivity contribution in [1.82, 2.24) is 30.2 Å². The van der Waals surface area contributed by atoms with Crippen molar-refractivity contribution >= 4 is 23.2 Å². The fraction of sp³-hybridized carbons (Fsp3) is 0.500. The van der Waals surface area contributed by atoms with Gasteiger partial charge in [0.15, 0.2) is 11.6 Å². The molecule has 0 aliphatic carbocycles. The number of ether oxygens (including phenoxy) is 1. The van der Waals surface area contributed by atoms with Gasteiger partial charge in [-0.3, -0.25) is 4.79 Å². The van der Waals surface area contributed by atoms with Crippen LogP contribution < -0.4 is 19.9 Å². The topological polar surface area (TPSA) is 146 Å². The zero-order chi connectivity index (χ0) is 33.9. The number of phenolic OH excluding ortho intramolecular Hbond substituents is 1. The molecule has 3 aliphatic heterocycles. The van der Waals surface area contributed by atoms with Gasteiger partial charge >= 0.3 is 0 Å². The zero-order valence-electron chi connectivity index (χ0n) is 28.5. The molecule has 2 fully saturated rings. The minimum atomic E-state index is -0.292. The van der Waals surface area contributed by atoms with Crippen LogP contribution in [0.5, 0.6) is 11.6 Å². The Balaban J connectivity index is 0.869. The Morgan fingerprint density at radius 2 is 1.88 bits per heavy atom. The maximum atomic E-state index is 12.0. The third kappa shape index (κ3) is 7.17. The number of piperidine rings is 1. The number of hydrogen-bond donors (Lipinski definition) is 2. The normalized spacial score (nSPS) is 18.9. The number of likely N-dealkylation sites (tertiary alicyclic amines) is 1. The summed E-state index contributed by atoms with van der Waals surface area (Å²) in [7, 11) is 0. The van der Waals surface area contributed by atoms with Crippen LogP contribution in [0.25, 0.3) is 11.3 Å². The van der Waals surface area contributed by atoms with Gasteiger partial charge in [0.25, 0.3) is 5.88 Å². The van der Waals surface area contributed by atoms with Crippen LogP contribution in [0.2, 0.25) is 0 Å². The summed E-state index contributed by atoms with van der Waals surface area (Å²) in [4.78, 5) is 28.8. The molecule has 2 atom stereocenters. The number of anilines is 3. The predicted molar refractivity (Wildman–Crippen MR) is 186 cm³/mol. The number of piperazine rings is 1. The Labute approximate surface area is 286 Å². The molecule has 0 spiro atoms. The molecule has 4 aromatic rings. The summed E-state index contributed by atoms with van der Waals surface area (Å²) in [6, 6.07) is 11.2. The molecule has 0 amide bonds. The summed E-state index contributed by atoms with van der Waals surface area (Å²) in [5.74, 6) is 3.14. The van der Waals surface area contributed by atoms with Crippen LogP contribution in [0.15, 0.2) is 53.3 Å². The lowest BCUT2D eigenvalue weighted by Gasteiger charge is -2.45. The second-order valence-electron chi connectivity index (χ2n) is 13.7. The van der Waals surface area contributed by atoms with Crippen molar-refractivity contribution in [2.24, 2.45) is 5.92 Å². The highest BCUT2D eigenvalue weighted by Crippen LogP contribution is 2.36. The fourth-order valence-electron chi connectivity index (χ4n) is 7.44. The maximum Gasteiger partial charge on any atom is 0.254 e. The Hall–Kier alpha value is -4.78. The van der Waals surface area contributed by atoms with Crippen LogP contribution >= 0.6 is 0 Å². The molecule has 13 nitrogen and oxygen atoms in total. The van der Waals surface area contributed by atoms with Crippen molar-refractivity contribution in [2.75, 3.05) is 67.5 Å². The van der Waals surface area contributed by atoms with E-state index in [0.29, 0.717) is 35.4 Å². The molecule has 3 aliphatic rings. The number of rotatable bonds is 11. The number of ketones is 1. The smallest absolute Gasteiger partial charge is 0.254 e. The lowest BCUT2D eigenvalue weighted by molar-refractivity contribution is -0.119. The first-order valence-electron chi connectivity index (χ1n) is 17.4. The first kappa shape index (κ1) is 32.8. The number of nitrogens with one attached hydrogen (secondary N) is 1. The van der Waals surface area contributed by atoms with Crippen LogP contribution in [0, 0.1) is 5.92 Å². The average Bonchev–Trinajstić information content (AvgIpc) is 3.57. The van der Waals surface area contributed by atoms with Gasteiger partial charge in [0.05, 0.1) is 29.9 Å². The Kier molecular flexibility index (Phi) is 9.61. The molecule has 2 saturated heterocycles. The van der Waals surface area contributed by atoms with E-state index in [1.807, 2.05) is 44.4 Å². The van der Waals surface area contributed by atoms with Gasteiger partial charge in [-0.25, -0.2) is 9.97 Å². The van der Waals surface area contributed by atoms with Crippen molar-refractivity contribution in [3.05, 3.63) is 60.1 Å². The summed E-state index contributed by atoms with van der Waals surface area (Å²) in [5.41, 5.74) is 3.55. The van der Waals surface area contributed by atoms with Crippen molar-refractivity contribution in [3.8, 4) is 22.9 Å². The molecule has 1 aromatic carbocycles. The number of carbonyl (C=O) groups is 1. The number of hydrogen-bond acceptors (Lipinski definition) is 13. The highest BCUT2D eigenvalue weighted by atomic mass is 16.5. The van der Waals surface area contributed by atoms with Crippen LogP contribution in [-0.2, 0) is 4.79 Å². The second-order valence-corrected chi connectivity index (χ2v) is 13.7. The minimum absolute atomic E-state index is 0.0736. The largest absolute Gasteiger partial charge is 0.507 e. The number of fused-ring (bicyclic) bond motifs is 3. The SMILES string of the molecule is CC(=O)C(c1cc(OCCCN2CCC(c3cnc(N4CCN5c6cc(-c7ccccc7O)nnc6NC[C@@H]5C4)nc3)CC2)no1)C(C)C. The van der Waals surface area contributed by atoms with Gasteiger partial charge in [-0.2, -0.15) is 0 Å². The van der Waals surface area contributed by atoms with E-state index in [4.69, 9.17) is 19.2 Å². The number of carbonyl (C=O) groups excluding carboxylic acids is 1. The van der Waals surface area contributed by atoms with Gasteiger partial charge in [-0.1, -0.05) is 26.0 Å². The maximum absolute atomic E-state index is 12.0. The van der Waals surface area contributed by atoms with Crippen molar-refractivity contribution in [2.45, 2.75) is 57.9 Å². The standard InChI is InChI=1S/C36H45N9O4/c1-23(2)34(24(3)46)32-18-33(42-49-32)48-16-6-11-43-12-9-25(10-13-43)26-19-38-36(39-20-26)44-14-15-45-27(22-44)21-37-35-30(45)17-29(40-41-35)28-7-4-5-8-31(28)47/h4-5,7-8,17-20,23,25,27,34,47H,6,9-16,21-22H2,1-3H3,(H,37,41)/t27-,34?/m1/s1. The van der Waals surface area contributed by atoms with E-state index in [1.54, 1.807) is 25.1 Å². The monoisotopic (exact) mass is 667 g/mol. The quantitative estimate of drug-likeness (QED) is 0.213. The van der Waals surface area contributed by atoms with Crippen LogP contribution in [-0.4, -0.2) is 99.6 Å². The third-order valence-corrected chi connectivity index (χ3v) is 10.0. The van der Waals surface area contributed by atoms with Gasteiger partial charge in [0, 0.05) is 56.7 Å². The van der Waals surface area contributed by atoms with Crippen molar-refractivity contribution in [3.63, 3.8) is 0 Å². The first-order valence-corrected chi connectivity index (χ1v) is 17.4. The molecule has 7 rings (SSSR count). The highest BCUT2D eigenvalue weighted by molar-refractivity contribution is 5.83. The first-order chi connectivity index (χ1) is 23.8. The molecular weight excluding hydrogens is 622 g/mol. The number of aromatic hydroxyl groups is 1. The van der Waals surface area contributed by atoms with Crippen molar-refractivity contribution < 1.29 is 19.2 Å². The summed E-state index contributed by atoms with van der Waals surface area (Å²) in [6.45, 7) is 12.4. The summed E-state index contributed by atoms with van der Waals surface area (Å²) < 4.78 is 11.2. The fourth-order valence-corrected chi connectivity index (χ4v) is 7.44. The molecule has 13 heteroatoms. The lowest BCUT2D eigenvalue weighted by atomic mass is 9.90. The van der Waals surface area contributed by atoms with Gasteiger partial charge in [0.1, 0.15) is 11.5 Å². The van der Waals surface area contributed by atoms with E-state index < -0.39 is 0 Å². The Morgan fingerprint density at radius 1 is 1.08 bits per heavy atom. The Bertz CT molecular complexity index is 1740. The van der Waals surface area contributed by atoms with E-state index in [0.717, 1.165) is 82.5 Å². The number of Topliss-reactive ketones (excluding diaryl/α,β-unsaturated/α-hetero) is 1. The molecule has 0 saturated carbocycles. The summed E-state index contributed by atoms with van der Waals surface area (Å²) in [5, 5.41) is 26.6. The molecule has 0 radical (unpaired) electrons. The van der Waals surface area contributed by atoms with E-state index >= 15 is 0 Å². The van der Waals surface area contributed by atoms with Gasteiger partial charge in [-0.15, -0.1) is 10.2 Å². The van der Waals surface area contributed by atoms with Gasteiger partial charge in [0.2, 0.25) is 5.95 Å². The number of para-hydroxylation sites is 1. The molecule has 49 heavy (non-hydrogen) atoms. The zero-order valence-corrected chi connectivity index (χ0v) is 28.5. The van der Waals surface area contributed by atoms with Crippen LogP contribution in [0.1, 0.15) is 63.2 Å². The Morgan fingerprint density at radius 3 is 2.63 bits per heavy atom. The summed E-state index contributed by atoms with van der Waals surface area (Å²) in [6.07, 6.45) is 7.09. The summed E-state index contributed by atoms with van der Waals surface area (Å²) >= 11 is 0. The van der Waals surface area contributed by atoms with Crippen molar-refractivity contribution in [1.29, 1.82) is 0 Å². The average molecular weight is 668 g/mol. The molecule has 6 heterocycles. The van der Waals surface area contributed by atoms with Crippen LogP contribution in [0.4, 0.5) is 17.5 Å². The molecule has 2 N–H and O–H groups in total. The molecular formula is C36H45N9O4. The number of phenols is 1. The molecule has 258 valence electrons. The second kappa shape index (κ2) is 14.4. The van der Waals surface area contributed by atoms with E-state index in [9.17, 15) is 9.90 Å². The number of aromatic nitrogens is 5. The third-order valence-electron chi connectivity index (χ3n) is 10.0. The minimum Gasteiger partial charge on any atom is -0.507 e.